The van der Waals surface area contributed by atoms with Crippen molar-refractivity contribution < 1.29 is 18.7 Å². The molecule has 0 unspecified atom stereocenters. The molecule has 2 aromatic carbocycles. The number of nitrogens with two attached hydrogens (primary N) is 1. The van der Waals surface area contributed by atoms with Crippen LogP contribution in [0.3, 0.4) is 0 Å². The van der Waals surface area contributed by atoms with Crippen molar-refractivity contribution in [2.75, 3.05) is 49.2 Å². The zero-order chi connectivity index (χ0) is 19.9. The van der Waals surface area contributed by atoms with Gasteiger partial charge in [-0.05, 0) is 36.4 Å². The van der Waals surface area contributed by atoms with E-state index in [1.165, 1.54) is 18.2 Å². The Balaban J connectivity index is 0.00000225. The van der Waals surface area contributed by atoms with Crippen LogP contribution in [0, 0.1) is 5.82 Å². The SMILES string of the molecule is Cl.Cl.Nc1cccc(C(=O)Nc2ccc(F)c(NC(=O)CCN3CCOCC3)c2)c1. The second-order valence-electron chi connectivity index (χ2n) is 6.53. The molecular weight excluding hydrogens is 434 g/mol. The molecule has 3 rings (SSSR count). The van der Waals surface area contributed by atoms with Gasteiger partial charge in [0, 0.05) is 43.0 Å². The van der Waals surface area contributed by atoms with Crippen LogP contribution in [-0.2, 0) is 9.53 Å². The van der Waals surface area contributed by atoms with Gasteiger partial charge in [0.2, 0.25) is 5.91 Å². The lowest BCUT2D eigenvalue weighted by Gasteiger charge is -2.26. The number of carbonyl (C=O) groups is 2. The fourth-order valence-corrected chi connectivity index (χ4v) is 2.88. The second kappa shape index (κ2) is 12.3. The van der Waals surface area contributed by atoms with Gasteiger partial charge in [0.25, 0.3) is 5.91 Å². The number of rotatable bonds is 6. The van der Waals surface area contributed by atoms with Crippen LogP contribution in [0.25, 0.3) is 0 Å². The number of benzene rings is 2. The zero-order valence-electron chi connectivity index (χ0n) is 16.2. The first-order valence-corrected chi connectivity index (χ1v) is 9.07. The summed E-state index contributed by atoms with van der Waals surface area (Å²) >= 11 is 0. The lowest BCUT2D eigenvalue weighted by molar-refractivity contribution is -0.116. The second-order valence-corrected chi connectivity index (χ2v) is 6.53. The van der Waals surface area contributed by atoms with Crippen LogP contribution >= 0.6 is 24.8 Å². The third kappa shape index (κ3) is 7.46. The van der Waals surface area contributed by atoms with Gasteiger partial charge in [-0.2, -0.15) is 0 Å². The predicted molar refractivity (Wildman–Crippen MR) is 120 cm³/mol. The number of amides is 2. The summed E-state index contributed by atoms with van der Waals surface area (Å²) in [5.41, 5.74) is 6.94. The number of nitrogen functional groups attached to an aromatic ring is 1. The minimum Gasteiger partial charge on any atom is -0.399 e. The van der Waals surface area contributed by atoms with Crippen molar-refractivity contribution in [3.63, 3.8) is 0 Å². The molecule has 164 valence electrons. The topological polar surface area (TPSA) is 96.7 Å². The Kier molecular flexibility index (Phi) is 10.5. The van der Waals surface area contributed by atoms with Crippen LogP contribution in [0.1, 0.15) is 16.8 Å². The maximum absolute atomic E-state index is 14.1. The van der Waals surface area contributed by atoms with E-state index < -0.39 is 5.82 Å². The summed E-state index contributed by atoms with van der Waals surface area (Å²) < 4.78 is 19.3. The van der Waals surface area contributed by atoms with Crippen LogP contribution in [0.2, 0.25) is 0 Å². The summed E-state index contributed by atoms with van der Waals surface area (Å²) in [5.74, 6) is -1.23. The Morgan fingerprint density at radius 1 is 1.07 bits per heavy atom. The molecule has 0 radical (unpaired) electrons. The average molecular weight is 459 g/mol. The normalized spacial score (nSPS) is 13.5. The third-order valence-electron chi connectivity index (χ3n) is 4.41. The van der Waals surface area contributed by atoms with Crippen molar-refractivity contribution in [1.29, 1.82) is 0 Å². The molecule has 1 saturated heterocycles. The maximum Gasteiger partial charge on any atom is 0.255 e. The van der Waals surface area contributed by atoms with Gasteiger partial charge in [0.1, 0.15) is 5.82 Å². The molecule has 0 aliphatic carbocycles. The van der Waals surface area contributed by atoms with Crippen molar-refractivity contribution in [3.8, 4) is 0 Å². The fourth-order valence-electron chi connectivity index (χ4n) is 2.88. The summed E-state index contributed by atoms with van der Waals surface area (Å²) in [6.45, 7) is 3.47. The monoisotopic (exact) mass is 458 g/mol. The van der Waals surface area contributed by atoms with Gasteiger partial charge >= 0.3 is 0 Å². The van der Waals surface area contributed by atoms with Gasteiger partial charge in [-0.25, -0.2) is 4.39 Å². The van der Waals surface area contributed by atoms with E-state index >= 15 is 0 Å². The van der Waals surface area contributed by atoms with Crippen molar-refractivity contribution in [1.82, 2.24) is 4.90 Å². The first kappa shape index (κ1) is 25.6. The van der Waals surface area contributed by atoms with Crippen LogP contribution in [0.5, 0.6) is 0 Å². The first-order chi connectivity index (χ1) is 13.5. The molecule has 10 heteroatoms. The lowest BCUT2D eigenvalue weighted by atomic mass is 10.2. The molecule has 7 nitrogen and oxygen atoms in total. The Bertz CT molecular complexity index is 864. The molecule has 0 atom stereocenters. The molecule has 1 heterocycles. The summed E-state index contributed by atoms with van der Waals surface area (Å²) in [6, 6.07) is 10.6. The van der Waals surface area contributed by atoms with Crippen molar-refractivity contribution in [2.45, 2.75) is 6.42 Å². The number of anilines is 3. The van der Waals surface area contributed by atoms with Crippen molar-refractivity contribution >= 4 is 53.7 Å². The number of nitrogens with zero attached hydrogens (tertiary/aromatic N) is 1. The van der Waals surface area contributed by atoms with E-state index in [0.717, 1.165) is 13.1 Å². The molecule has 1 aliphatic heterocycles. The van der Waals surface area contributed by atoms with E-state index in [1.54, 1.807) is 24.3 Å². The highest BCUT2D eigenvalue weighted by atomic mass is 35.5. The van der Waals surface area contributed by atoms with Crippen LogP contribution < -0.4 is 16.4 Å². The van der Waals surface area contributed by atoms with Crippen LogP contribution in [0.4, 0.5) is 21.5 Å². The number of ether oxygens (including phenoxy) is 1. The fraction of sp³-hybridized carbons (Fsp3) is 0.300. The maximum atomic E-state index is 14.1. The number of hydrogen-bond donors (Lipinski definition) is 3. The molecule has 1 aliphatic rings. The van der Waals surface area contributed by atoms with E-state index in [9.17, 15) is 14.0 Å². The lowest BCUT2D eigenvalue weighted by Crippen LogP contribution is -2.38. The molecule has 0 spiro atoms. The molecule has 0 aromatic heterocycles. The highest BCUT2D eigenvalue weighted by Gasteiger charge is 2.14. The molecule has 30 heavy (non-hydrogen) atoms. The largest absolute Gasteiger partial charge is 0.399 e. The number of hydrogen-bond acceptors (Lipinski definition) is 5. The van der Waals surface area contributed by atoms with Gasteiger partial charge in [-0.3, -0.25) is 14.5 Å². The first-order valence-electron chi connectivity index (χ1n) is 9.07. The number of carbonyl (C=O) groups excluding carboxylic acids is 2. The Morgan fingerprint density at radius 3 is 2.50 bits per heavy atom. The third-order valence-corrected chi connectivity index (χ3v) is 4.41. The quantitative estimate of drug-likeness (QED) is 0.577. The van der Waals surface area contributed by atoms with Crippen LogP contribution in [0.15, 0.2) is 42.5 Å². The Labute approximate surface area is 187 Å². The molecule has 1 fully saturated rings. The molecule has 2 aromatic rings. The zero-order valence-corrected chi connectivity index (χ0v) is 17.9. The van der Waals surface area contributed by atoms with Gasteiger partial charge in [-0.1, -0.05) is 6.07 Å². The van der Waals surface area contributed by atoms with E-state index in [4.69, 9.17) is 10.5 Å². The summed E-state index contributed by atoms with van der Waals surface area (Å²) in [6.07, 6.45) is 0.249. The van der Waals surface area contributed by atoms with Crippen molar-refractivity contribution in [3.05, 3.63) is 53.8 Å². The molecule has 2 amide bonds. The smallest absolute Gasteiger partial charge is 0.255 e. The van der Waals surface area contributed by atoms with Gasteiger partial charge < -0.3 is 21.1 Å². The highest BCUT2D eigenvalue weighted by Crippen LogP contribution is 2.21. The van der Waals surface area contributed by atoms with Gasteiger partial charge in [0.15, 0.2) is 0 Å². The predicted octanol–water partition coefficient (Wildman–Crippen LogP) is 3.16. The summed E-state index contributed by atoms with van der Waals surface area (Å²) in [4.78, 5) is 26.6. The molecular formula is C20H25Cl2FN4O3. The Hall–Kier alpha value is -2.39. The standard InChI is InChI=1S/C20H23FN4O3.2ClH/c21-17-5-4-16(23-20(27)14-2-1-3-15(22)12-14)13-18(17)24-19(26)6-7-25-8-10-28-11-9-25;;/h1-5,12-13H,6-11,22H2,(H,23,27)(H,24,26);2*1H. The number of halogens is 3. The minimum atomic E-state index is -0.568. The van der Waals surface area contributed by atoms with E-state index in [-0.39, 0.29) is 48.7 Å². The van der Waals surface area contributed by atoms with E-state index in [1.807, 2.05) is 0 Å². The molecule has 4 N–H and O–H groups in total. The van der Waals surface area contributed by atoms with Crippen molar-refractivity contribution in [2.24, 2.45) is 0 Å². The Morgan fingerprint density at radius 2 is 1.80 bits per heavy atom. The van der Waals surface area contributed by atoms with E-state index in [2.05, 4.69) is 15.5 Å². The number of nitrogens with one attached hydrogen (secondary N) is 2. The highest BCUT2D eigenvalue weighted by molar-refractivity contribution is 6.05. The van der Waals surface area contributed by atoms with Gasteiger partial charge in [0.05, 0.1) is 18.9 Å². The molecule has 0 bridgehead atoms. The summed E-state index contributed by atoms with van der Waals surface area (Å²) in [5, 5.41) is 5.24. The van der Waals surface area contributed by atoms with Gasteiger partial charge in [-0.15, -0.1) is 24.8 Å². The summed E-state index contributed by atoms with van der Waals surface area (Å²) in [7, 11) is 0. The molecule has 0 saturated carbocycles. The minimum absolute atomic E-state index is 0. The number of morpholine rings is 1. The van der Waals surface area contributed by atoms with E-state index in [0.29, 0.717) is 36.7 Å². The average Bonchev–Trinajstić information content (AvgIpc) is 2.70. The van der Waals surface area contributed by atoms with Crippen LogP contribution in [-0.4, -0.2) is 49.6 Å².